The van der Waals surface area contributed by atoms with Crippen molar-refractivity contribution in [3.63, 3.8) is 0 Å². The van der Waals surface area contributed by atoms with Crippen molar-refractivity contribution >= 4 is 24.2 Å². The number of aliphatic carboxylic acids is 1. The number of carbonyl (C=O) groups excluding carboxylic acids is 3. The largest absolute Gasteiger partial charge is 0.479 e. The number of hydrogen-bond donors (Lipinski definition) is 23. The summed E-state index contributed by atoms with van der Waals surface area (Å²) in [5.41, 5.74) is -8.02. The highest BCUT2D eigenvalue weighted by molar-refractivity contribution is 5.80. The van der Waals surface area contributed by atoms with E-state index in [1.807, 2.05) is 20.8 Å². The van der Waals surface area contributed by atoms with E-state index in [2.05, 4.69) is 19.9 Å². The van der Waals surface area contributed by atoms with Gasteiger partial charge in [-0.05, 0) is 125 Å². The van der Waals surface area contributed by atoms with Crippen LogP contribution in [0.5, 0.6) is 0 Å². The molecule has 4 saturated carbocycles. The Labute approximate surface area is 746 Å². The van der Waals surface area contributed by atoms with Gasteiger partial charge in [-0.2, -0.15) is 0 Å². The van der Waals surface area contributed by atoms with Gasteiger partial charge in [-0.1, -0.05) is 53.2 Å². The number of carboxylic acid groups (broad SMARTS) is 1. The quantitative estimate of drug-likeness (QED) is 0.0185. The summed E-state index contributed by atoms with van der Waals surface area (Å²) in [5.74, 6) is -5.61. The Hall–Kier alpha value is -3.74. The van der Waals surface area contributed by atoms with Crippen LogP contribution in [0.15, 0.2) is 11.6 Å². The van der Waals surface area contributed by atoms with Gasteiger partial charge in [0, 0.05) is 6.92 Å². The van der Waals surface area contributed by atoms with Gasteiger partial charge in [0.15, 0.2) is 68.6 Å². The first-order valence-corrected chi connectivity index (χ1v) is 44.6. The summed E-state index contributed by atoms with van der Waals surface area (Å²) in [5, 5.41) is 258. The molecule has 0 spiro atoms. The van der Waals surface area contributed by atoms with E-state index in [1.165, 1.54) is 27.7 Å². The monoisotopic (exact) mass is 1880 g/mol. The SMILES string of the molecule is CC(=O)OC1C(C)OC(OC(=O)C23CCC(C)(C)CC2C2=CCC4C5(C)CCC(OC6OC(C(=O)O)C(O)C(OC7OC(C)C(O)C(O)C7O)C6OC6OC(CO)C(O)C(O)C6O)C(C)(C=O)C5CCC4(C)C2(C)CC3O)C(OC2OC(C)C(OC3OCC(O)C(OC4OCC(O)(CO)C4O)C3O)C(OC3OC(CO)C(O)C(O)C3O)C2O)C1OC1OC(C)C(O)C(O)C1O. The topological polar surface area (TPSA) is 709 Å². The highest BCUT2D eigenvalue weighted by Crippen LogP contribution is 2.76. The Bertz CT molecular complexity index is 3930. The molecule has 5 aliphatic carbocycles. The van der Waals surface area contributed by atoms with E-state index in [0.29, 0.717) is 19.3 Å². The number of rotatable bonds is 24. The molecule has 744 valence electrons. The van der Waals surface area contributed by atoms with Crippen LogP contribution in [0.1, 0.15) is 134 Å². The first-order chi connectivity index (χ1) is 60.9. The molecule has 23 N–H and O–H groups in total. The smallest absolute Gasteiger partial charge is 0.335 e. The molecule has 130 heavy (non-hydrogen) atoms. The van der Waals surface area contributed by atoms with Gasteiger partial charge < -0.3 is 212 Å². The molecule has 46 nitrogen and oxygen atoms in total. The molecule has 9 heterocycles. The molecular formula is C84H132O46. The van der Waals surface area contributed by atoms with Gasteiger partial charge in [-0.15, -0.1) is 0 Å². The highest BCUT2D eigenvalue weighted by Gasteiger charge is 2.74. The van der Waals surface area contributed by atoms with Crippen molar-refractivity contribution in [2.75, 3.05) is 33.0 Å². The van der Waals surface area contributed by atoms with Crippen molar-refractivity contribution in [1.29, 1.82) is 0 Å². The summed E-state index contributed by atoms with van der Waals surface area (Å²) in [6.45, 7) is 14.1. The van der Waals surface area contributed by atoms with Gasteiger partial charge >= 0.3 is 17.9 Å². The Morgan fingerprint density at radius 2 is 0.938 bits per heavy atom. The van der Waals surface area contributed by atoms with Gasteiger partial charge in [-0.25, -0.2) is 4.79 Å². The molecule has 9 saturated heterocycles. The van der Waals surface area contributed by atoms with Crippen molar-refractivity contribution in [3.05, 3.63) is 11.6 Å². The van der Waals surface area contributed by atoms with Crippen molar-refractivity contribution in [1.82, 2.24) is 0 Å². The molecule has 13 fully saturated rings. The molecule has 0 aromatic rings. The maximum Gasteiger partial charge on any atom is 0.335 e. The van der Waals surface area contributed by atoms with Gasteiger partial charge in [-0.3, -0.25) is 9.59 Å². The zero-order valence-corrected chi connectivity index (χ0v) is 73.8. The summed E-state index contributed by atoms with van der Waals surface area (Å²) in [6.07, 6.45) is -77.2. The molecule has 46 heteroatoms. The fourth-order valence-electron chi connectivity index (χ4n) is 23.4. The van der Waals surface area contributed by atoms with E-state index in [0.717, 1.165) is 18.8 Å². The van der Waals surface area contributed by atoms with E-state index in [9.17, 15) is 132 Å². The molecule has 52 unspecified atom stereocenters. The second kappa shape index (κ2) is 38.8. The van der Waals surface area contributed by atoms with Crippen LogP contribution in [0.25, 0.3) is 0 Å². The number of carbonyl (C=O) groups is 4. The van der Waals surface area contributed by atoms with E-state index in [-0.39, 0.29) is 44.4 Å². The molecular weight excluding hydrogens is 1740 g/mol. The molecule has 0 amide bonds. The minimum Gasteiger partial charge on any atom is -0.479 e. The fraction of sp³-hybridized carbons (Fsp3) is 0.929. The summed E-state index contributed by atoms with van der Waals surface area (Å²) in [7, 11) is 0. The van der Waals surface area contributed by atoms with Crippen LogP contribution >= 0.6 is 0 Å². The lowest BCUT2D eigenvalue weighted by Gasteiger charge is -2.71. The predicted molar refractivity (Wildman–Crippen MR) is 420 cm³/mol. The van der Waals surface area contributed by atoms with Crippen molar-refractivity contribution in [2.45, 2.75) is 404 Å². The van der Waals surface area contributed by atoms with Crippen molar-refractivity contribution in [3.8, 4) is 0 Å². The Morgan fingerprint density at radius 3 is 1.48 bits per heavy atom. The summed E-state index contributed by atoms with van der Waals surface area (Å²) in [6, 6.07) is 0. The zero-order chi connectivity index (χ0) is 95.1. The summed E-state index contributed by atoms with van der Waals surface area (Å²) < 4.78 is 117. The fourth-order valence-corrected chi connectivity index (χ4v) is 23.4. The van der Waals surface area contributed by atoms with Crippen LogP contribution in [-0.2, 0) is 109 Å². The Morgan fingerprint density at radius 1 is 0.454 bits per heavy atom. The van der Waals surface area contributed by atoms with Gasteiger partial charge in [0.2, 0.25) is 6.29 Å². The minimum atomic E-state index is -2.36. The number of allylic oxidation sites excluding steroid dienone is 2. The van der Waals surface area contributed by atoms with Crippen LogP contribution in [0.2, 0.25) is 0 Å². The third-order valence-corrected chi connectivity index (χ3v) is 31.4. The maximum atomic E-state index is 16.7. The van der Waals surface area contributed by atoms with Crippen LogP contribution in [-0.4, -0.2) is 444 Å². The molecule has 0 aromatic carbocycles. The van der Waals surface area contributed by atoms with E-state index in [1.54, 1.807) is 6.92 Å². The first kappa shape index (κ1) is 102. The third-order valence-electron chi connectivity index (χ3n) is 31.4. The zero-order valence-electron chi connectivity index (χ0n) is 73.8. The van der Waals surface area contributed by atoms with Crippen LogP contribution in [0.4, 0.5) is 0 Å². The molecule has 0 aromatic heterocycles. The number of aliphatic hydroxyl groups is 22. The predicted octanol–water partition coefficient (Wildman–Crippen LogP) is -8.71. The van der Waals surface area contributed by atoms with Gasteiger partial charge in [0.1, 0.15) is 170 Å². The molecule has 14 rings (SSSR count). The van der Waals surface area contributed by atoms with Crippen LogP contribution < -0.4 is 0 Å². The van der Waals surface area contributed by atoms with E-state index >= 15 is 4.79 Å². The molecule has 52 atom stereocenters. The lowest BCUT2D eigenvalue weighted by molar-refractivity contribution is -0.404. The minimum absolute atomic E-state index is 0.0205. The van der Waals surface area contributed by atoms with Crippen molar-refractivity contribution < 1.29 is 227 Å². The Balaban J connectivity index is 0.781. The number of fused-ring (bicyclic) bond motifs is 7. The number of aldehydes is 1. The standard InChI is InChI=1S/C84H132O46/c1-28-42(92)46(96)50(100)69(114-28)124-60-54(104)62(67(108)109)126-75(64(60)128-72-53(103)49(99)45(95)37(23-86)120-72)121-41-15-16-79(8)38(80(41,9)25-87)14-17-81(10)39(79)13-12-33-34-20-78(6,7)18-19-84(34,40(91)21-82(33,81)11)77(110)130-74-65(63(58(31(4)117-74)118-32(5)89)127-70-51(101)47(97)43(93)29(2)115-70)129-73-56(106)61(125-71-52(102)48(98)44(94)36(22-85)119-71)57(30(3)116-73)122-68-55(105)59(35(90)24-112-68)123-76-66(107)83(111,26-88)27-113-76/h12,25,28-31,34-66,68-76,85-86,88,90-107,111H,13-24,26-27H2,1-11H3,(H,108,109). The molecule has 9 aliphatic heterocycles. The molecule has 0 radical (unpaired) electrons. The Kier molecular flexibility index (Phi) is 30.5. The van der Waals surface area contributed by atoms with Gasteiger partial charge in [0.05, 0.1) is 75.1 Å². The van der Waals surface area contributed by atoms with E-state index < -0.39 is 365 Å². The number of aliphatic hydroxyl groups excluding tert-OH is 21. The lowest BCUT2D eigenvalue weighted by Crippen LogP contribution is -2.70. The lowest BCUT2D eigenvalue weighted by atomic mass is 9.33. The molecule has 14 aliphatic rings. The van der Waals surface area contributed by atoms with Crippen molar-refractivity contribution in [2.24, 2.45) is 50.2 Å². The third kappa shape index (κ3) is 18.0. The number of hydrogen-bond acceptors (Lipinski definition) is 45. The number of ether oxygens (including phenoxy) is 19. The summed E-state index contributed by atoms with van der Waals surface area (Å²) >= 11 is 0. The number of esters is 2. The second-order valence-corrected chi connectivity index (χ2v) is 39.9. The maximum absolute atomic E-state index is 16.7. The molecule has 0 bridgehead atoms. The van der Waals surface area contributed by atoms with Crippen LogP contribution in [0, 0.1) is 50.2 Å². The van der Waals surface area contributed by atoms with Crippen LogP contribution in [0.3, 0.4) is 0 Å². The average Bonchev–Trinajstić information content (AvgIpc) is 0.702. The number of carboxylic acids is 1. The van der Waals surface area contributed by atoms with E-state index in [4.69, 9.17) is 90.0 Å². The second-order valence-electron chi connectivity index (χ2n) is 39.9. The summed E-state index contributed by atoms with van der Waals surface area (Å²) in [4.78, 5) is 57.8. The first-order valence-electron chi connectivity index (χ1n) is 44.6. The highest BCUT2D eigenvalue weighted by atomic mass is 16.8. The van der Waals surface area contributed by atoms with Gasteiger partial charge in [0.25, 0.3) is 0 Å². The average molecular weight is 1880 g/mol. The normalized spacial score (nSPS) is 54.4.